The summed E-state index contributed by atoms with van der Waals surface area (Å²) in [7, 11) is 0. The predicted octanol–water partition coefficient (Wildman–Crippen LogP) is -0.389. The second-order valence-corrected chi connectivity index (χ2v) is 3.98. The summed E-state index contributed by atoms with van der Waals surface area (Å²) in [6.45, 7) is 0. The maximum Gasteiger partial charge on any atom is 0.243 e. The van der Waals surface area contributed by atoms with Crippen LogP contribution in [0.25, 0.3) is 0 Å². The summed E-state index contributed by atoms with van der Waals surface area (Å²) < 4.78 is 0. The van der Waals surface area contributed by atoms with Gasteiger partial charge in [-0.2, -0.15) is 25.0 Å². The van der Waals surface area contributed by atoms with E-state index in [9.17, 15) is 24.0 Å². The van der Waals surface area contributed by atoms with Gasteiger partial charge >= 0.3 is 0 Å². The van der Waals surface area contributed by atoms with Crippen molar-refractivity contribution in [3.05, 3.63) is 0 Å². The Hall–Kier alpha value is -3.10. The van der Waals surface area contributed by atoms with Gasteiger partial charge in [-0.25, -0.2) is 24.0 Å². The minimum atomic E-state index is -2.22. The van der Waals surface area contributed by atoms with Crippen LogP contribution in [0.4, 0.5) is 0 Å². The predicted molar refractivity (Wildman–Crippen MR) is 63.7 cm³/mol. The molecule has 0 aromatic rings. The maximum atomic E-state index is 10.7. The van der Waals surface area contributed by atoms with Crippen molar-refractivity contribution in [1.29, 1.82) is 0 Å². The number of isocyanates is 5. The van der Waals surface area contributed by atoms with Crippen LogP contribution >= 0.6 is 0 Å². The second-order valence-electron chi connectivity index (χ2n) is 3.98. The lowest BCUT2D eigenvalue weighted by Crippen LogP contribution is -2.58. The Bertz CT molecular complexity index is 620. The van der Waals surface area contributed by atoms with Crippen LogP contribution in [0.2, 0.25) is 0 Å². The van der Waals surface area contributed by atoms with Crippen LogP contribution in [0.15, 0.2) is 25.0 Å². The van der Waals surface area contributed by atoms with Crippen LogP contribution < -0.4 is 0 Å². The van der Waals surface area contributed by atoms with Gasteiger partial charge in [-0.1, -0.05) is 0 Å². The molecule has 1 rings (SSSR count). The fourth-order valence-corrected chi connectivity index (χ4v) is 2.36. The van der Waals surface area contributed by atoms with Gasteiger partial charge in [0.05, 0.1) is 0 Å². The molecule has 1 fully saturated rings. The van der Waals surface area contributed by atoms with Crippen molar-refractivity contribution in [1.82, 2.24) is 0 Å². The highest BCUT2D eigenvalue weighted by Crippen LogP contribution is 2.46. The largest absolute Gasteiger partial charge is 0.243 e. The molecule has 1 aliphatic rings. The van der Waals surface area contributed by atoms with Gasteiger partial charge in [0, 0.05) is 0 Å². The van der Waals surface area contributed by atoms with Crippen LogP contribution in [0.5, 0.6) is 0 Å². The molecule has 0 radical (unpaired) electrons. The number of rotatable bonds is 5. The number of carbonyl (C=O) groups excluding carboxylic acids is 5. The lowest BCUT2D eigenvalue weighted by molar-refractivity contribution is 0.142. The minimum absolute atomic E-state index is 0.0707. The van der Waals surface area contributed by atoms with Crippen molar-refractivity contribution in [2.75, 3.05) is 0 Å². The van der Waals surface area contributed by atoms with E-state index in [4.69, 9.17) is 0 Å². The third kappa shape index (κ3) is 2.61. The lowest BCUT2D eigenvalue weighted by Gasteiger charge is -2.42. The van der Waals surface area contributed by atoms with Gasteiger partial charge in [0.1, 0.15) is 6.04 Å². The van der Waals surface area contributed by atoms with Gasteiger partial charge in [-0.15, -0.1) is 0 Å². The van der Waals surface area contributed by atoms with Gasteiger partial charge in [-0.3, -0.25) is 0 Å². The first kappa shape index (κ1) is 16.0. The normalized spacial score (nSPS) is 30.2. The first-order valence-corrected chi connectivity index (χ1v) is 5.59. The summed E-state index contributed by atoms with van der Waals surface area (Å²) in [6.07, 6.45) is 6.31. The monoisotopic (exact) mass is 289 g/mol. The van der Waals surface area contributed by atoms with Crippen LogP contribution in [0.1, 0.15) is 19.3 Å². The molecule has 0 aromatic heterocycles. The highest BCUT2D eigenvalue weighted by molar-refractivity contribution is 5.48. The zero-order valence-electron chi connectivity index (χ0n) is 10.5. The molecule has 1 atom stereocenters. The summed E-state index contributed by atoms with van der Waals surface area (Å²) in [4.78, 5) is 70.0. The highest BCUT2D eigenvalue weighted by atomic mass is 16.1. The molecular formula is C11H7N5O5. The summed E-state index contributed by atoms with van der Waals surface area (Å²) in [5.41, 5.74) is -4.28. The molecule has 0 bridgehead atoms. The molecule has 106 valence electrons. The van der Waals surface area contributed by atoms with Gasteiger partial charge in [-0.05, 0) is 19.3 Å². The van der Waals surface area contributed by atoms with Crippen molar-refractivity contribution in [2.24, 2.45) is 25.0 Å². The fourth-order valence-electron chi connectivity index (χ4n) is 2.36. The lowest BCUT2D eigenvalue weighted by atomic mass is 9.76. The van der Waals surface area contributed by atoms with Crippen LogP contribution in [0, 0.1) is 0 Å². The second kappa shape index (κ2) is 6.89. The number of hydrogen-bond acceptors (Lipinski definition) is 10. The van der Waals surface area contributed by atoms with Crippen LogP contribution in [-0.4, -0.2) is 47.8 Å². The van der Waals surface area contributed by atoms with Crippen molar-refractivity contribution in [3.63, 3.8) is 0 Å². The Morgan fingerprint density at radius 2 is 1.29 bits per heavy atom. The molecule has 1 saturated carbocycles. The molecule has 0 spiro atoms. The standard InChI is InChI=1S/C11H7N5O5/c17-4-12-9-2-1-3-10(13-5-18,14-6-19)11(9,15-7-20)16-8-21/h9H,1-3H2. The van der Waals surface area contributed by atoms with Gasteiger partial charge in [0.25, 0.3) is 0 Å². The number of nitrogens with zero attached hydrogens (tertiary/aromatic N) is 5. The molecule has 1 unspecified atom stereocenters. The molecule has 0 aliphatic heterocycles. The van der Waals surface area contributed by atoms with Gasteiger partial charge < -0.3 is 0 Å². The quantitative estimate of drug-likeness (QED) is 0.499. The molecule has 0 saturated heterocycles. The van der Waals surface area contributed by atoms with Gasteiger partial charge in [0.2, 0.25) is 41.7 Å². The minimum Gasteiger partial charge on any atom is -0.211 e. The number of hydrogen-bond donors (Lipinski definition) is 0. The highest BCUT2D eigenvalue weighted by Gasteiger charge is 2.61. The van der Waals surface area contributed by atoms with Gasteiger partial charge in [0.15, 0.2) is 0 Å². The van der Waals surface area contributed by atoms with E-state index in [-0.39, 0.29) is 12.8 Å². The molecule has 0 amide bonds. The zero-order chi connectivity index (χ0) is 15.8. The third-order valence-electron chi connectivity index (χ3n) is 3.16. The van der Waals surface area contributed by atoms with E-state index in [1.165, 1.54) is 18.2 Å². The average molecular weight is 289 g/mol. The smallest absolute Gasteiger partial charge is 0.211 e. The van der Waals surface area contributed by atoms with Crippen LogP contribution in [0.3, 0.4) is 0 Å². The zero-order valence-corrected chi connectivity index (χ0v) is 10.5. The van der Waals surface area contributed by atoms with E-state index in [0.717, 1.165) is 12.2 Å². The molecule has 10 nitrogen and oxygen atoms in total. The van der Waals surface area contributed by atoms with E-state index < -0.39 is 17.4 Å². The Balaban J connectivity index is 3.83. The summed E-state index contributed by atoms with van der Waals surface area (Å²) in [5, 5.41) is 0. The fraction of sp³-hybridized carbons (Fsp3) is 0.545. The van der Waals surface area contributed by atoms with Crippen molar-refractivity contribution in [2.45, 2.75) is 36.6 Å². The SMILES string of the molecule is O=C=NC1CCCC(N=C=O)(N=C=O)C1(N=C=O)N=C=O. The molecule has 21 heavy (non-hydrogen) atoms. The number of aliphatic imine (C=N–C) groups is 5. The Labute approximate surface area is 117 Å². The Morgan fingerprint density at radius 1 is 0.762 bits per heavy atom. The van der Waals surface area contributed by atoms with E-state index in [1.54, 1.807) is 0 Å². The first-order valence-electron chi connectivity index (χ1n) is 5.59. The molecule has 1 aliphatic carbocycles. The third-order valence-corrected chi connectivity index (χ3v) is 3.16. The average Bonchev–Trinajstić information content (AvgIpc) is 2.45. The summed E-state index contributed by atoms with van der Waals surface area (Å²) in [5.74, 6) is 0. The molecule has 0 heterocycles. The summed E-state index contributed by atoms with van der Waals surface area (Å²) >= 11 is 0. The van der Waals surface area contributed by atoms with Crippen molar-refractivity contribution < 1.29 is 24.0 Å². The first-order chi connectivity index (χ1) is 10.2. The topological polar surface area (TPSA) is 147 Å². The Kier molecular flexibility index (Phi) is 5.24. The molecule has 10 heteroatoms. The van der Waals surface area contributed by atoms with E-state index in [1.807, 2.05) is 0 Å². The maximum absolute atomic E-state index is 10.7. The Morgan fingerprint density at radius 3 is 1.71 bits per heavy atom. The van der Waals surface area contributed by atoms with Crippen molar-refractivity contribution in [3.8, 4) is 0 Å². The summed E-state index contributed by atoms with van der Waals surface area (Å²) in [6, 6.07) is -1.19. The van der Waals surface area contributed by atoms with E-state index in [0.29, 0.717) is 6.42 Å². The van der Waals surface area contributed by atoms with E-state index >= 15 is 0 Å². The van der Waals surface area contributed by atoms with Crippen molar-refractivity contribution >= 4 is 30.4 Å². The molecular weight excluding hydrogens is 282 g/mol. The van der Waals surface area contributed by atoms with E-state index in [2.05, 4.69) is 25.0 Å². The van der Waals surface area contributed by atoms with Crippen LogP contribution in [-0.2, 0) is 24.0 Å². The molecule has 0 aromatic carbocycles. The molecule has 0 N–H and O–H groups in total.